The number of nitrogens with zero attached hydrogens (tertiary/aromatic N) is 1. The van der Waals surface area contributed by atoms with Crippen molar-refractivity contribution in [2.45, 2.75) is 12.4 Å². The molecule has 0 radical (unpaired) electrons. The topological polar surface area (TPSA) is 12.4 Å². The molecule has 7 heavy (non-hydrogen) atoms. The van der Waals surface area contributed by atoms with E-state index in [1.165, 1.54) is 0 Å². The van der Waals surface area contributed by atoms with Crippen LogP contribution in [0.2, 0.25) is 0 Å². The molecule has 0 aliphatic carbocycles. The quantitative estimate of drug-likeness (QED) is 0.294. The minimum Gasteiger partial charge on any atom is -0.299 e. The molecule has 1 aliphatic rings. The van der Waals surface area contributed by atoms with E-state index in [-0.39, 0.29) is 0 Å². The van der Waals surface area contributed by atoms with Crippen LogP contribution in [0.25, 0.3) is 0 Å². The maximum absolute atomic E-state index is 4.12. The van der Waals surface area contributed by atoms with E-state index in [0.717, 1.165) is 6.42 Å². The van der Waals surface area contributed by atoms with Crippen molar-refractivity contribution in [2.75, 3.05) is 0 Å². The Bertz CT molecular complexity index is 94.6. The Morgan fingerprint density at radius 1 is 1.71 bits per heavy atom. The number of hydrogen-bond donors (Lipinski definition) is 0. The number of hydrogen-bond acceptors (Lipinski definition) is 1. The highest BCUT2D eigenvalue weighted by Gasteiger charge is 1.91. The molecule has 1 unspecified atom stereocenters. The summed E-state index contributed by atoms with van der Waals surface area (Å²) >= 11 is 0. The predicted octanol–water partition coefficient (Wildman–Crippen LogP) is -0.0237. The van der Waals surface area contributed by atoms with Gasteiger partial charge >= 0.3 is 0 Å². The summed E-state index contributed by atoms with van der Waals surface area (Å²) < 4.78 is 0. The highest BCUT2D eigenvalue weighted by molar-refractivity contribution is 6.13. The van der Waals surface area contributed by atoms with E-state index in [1.807, 2.05) is 6.21 Å². The molecule has 1 nitrogen and oxygen atoms in total. The SMILES string of the molecule is BC1C=CCC=N1. The van der Waals surface area contributed by atoms with Crippen LogP contribution in [-0.2, 0) is 0 Å². The van der Waals surface area contributed by atoms with Gasteiger partial charge in [0.25, 0.3) is 0 Å². The summed E-state index contributed by atoms with van der Waals surface area (Å²) in [7, 11) is 2.08. The van der Waals surface area contributed by atoms with Crippen molar-refractivity contribution >= 4 is 14.1 Å². The number of rotatable bonds is 0. The molecule has 0 saturated heterocycles. The fourth-order valence-electron chi connectivity index (χ4n) is 0.613. The molecule has 36 valence electrons. The second-order valence-corrected chi connectivity index (χ2v) is 1.74. The van der Waals surface area contributed by atoms with E-state index in [1.54, 1.807) is 0 Å². The predicted molar refractivity (Wildman–Crippen MR) is 34.6 cm³/mol. The van der Waals surface area contributed by atoms with Gasteiger partial charge in [0.2, 0.25) is 0 Å². The molecule has 2 heteroatoms. The zero-order valence-corrected chi connectivity index (χ0v) is 4.46. The van der Waals surface area contributed by atoms with Crippen molar-refractivity contribution < 1.29 is 0 Å². The van der Waals surface area contributed by atoms with Crippen molar-refractivity contribution in [3.63, 3.8) is 0 Å². The first-order valence-corrected chi connectivity index (χ1v) is 2.58. The van der Waals surface area contributed by atoms with E-state index in [9.17, 15) is 0 Å². The molecular weight excluding hydrogens is 84.9 g/mol. The van der Waals surface area contributed by atoms with Crippen LogP contribution in [-0.4, -0.2) is 20.0 Å². The Morgan fingerprint density at radius 2 is 2.57 bits per heavy atom. The van der Waals surface area contributed by atoms with Crippen LogP contribution in [0.15, 0.2) is 17.1 Å². The second kappa shape index (κ2) is 1.96. The number of allylic oxidation sites excluding steroid dienone is 1. The van der Waals surface area contributed by atoms with Crippen LogP contribution in [0, 0.1) is 0 Å². The molecule has 1 heterocycles. The molecular formula is C5H8BN. The standard InChI is InChI=1S/C5H8BN/c6-5-3-1-2-4-7-5/h1,3-5H,2,6H2. The third-order valence-electron chi connectivity index (χ3n) is 0.997. The van der Waals surface area contributed by atoms with Gasteiger partial charge in [0.15, 0.2) is 0 Å². The van der Waals surface area contributed by atoms with E-state index in [2.05, 4.69) is 25.0 Å². The van der Waals surface area contributed by atoms with Gasteiger partial charge in [-0.15, -0.1) is 0 Å². The lowest BCUT2D eigenvalue weighted by molar-refractivity contribution is 1.10. The Morgan fingerprint density at radius 3 is 2.86 bits per heavy atom. The van der Waals surface area contributed by atoms with E-state index < -0.39 is 0 Å². The molecule has 1 atom stereocenters. The van der Waals surface area contributed by atoms with Crippen molar-refractivity contribution in [1.82, 2.24) is 0 Å². The van der Waals surface area contributed by atoms with Crippen molar-refractivity contribution in [3.05, 3.63) is 12.2 Å². The third kappa shape index (κ3) is 1.18. The lowest BCUT2D eigenvalue weighted by Crippen LogP contribution is -2.01. The minimum atomic E-state index is 0.425. The first kappa shape index (κ1) is 4.63. The molecule has 0 bridgehead atoms. The van der Waals surface area contributed by atoms with Gasteiger partial charge in [-0.25, -0.2) is 0 Å². The zero-order valence-electron chi connectivity index (χ0n) is 4.46. The summed E-state index contributed by atoms with van der Waals surface area (Å²) in [5, 5.41) is 0. The maximum Gasteiger partial charge on any atom is 0.138 e. The zero-order chi connectivity index (χ0) is 5.11. The highest BCUT2D eigenvalue weighted by atomic mass is 14.7. The van der Waals surface area contributed by atoms with Gasteiger partial charge in [0, 0.05) is 18.6 Å². The summed E-state index contributed by atoms with van der Waals surface area (Å²) in [6.07, 6.45) is 7.21. The fraction of sp³-hybridized carbons (Fsp3) is 0.400. The monoisotopic (exact) mass is 93.1 g/mol. The van der Waals surface area contributed by atoms with Crippen LogP contribution in [0.1, 0.15) is 6.42 Å². The van der Waals surface area contributed by atoms with Crippen LogP contribution in [0.4, 0.5) is 0 Å². The van der Waals surface area contributed by atoms with E-state index >= 15 is 0 Å². The van der Waals surface area contributed by atoms with Gasteiger partial charge in [-0.2, -0.15) is 0 Å². The lowest BCUT2D eigenvalue weighted by atomic mass is 9.95. The molecule has 0 aromatic rings. The molecule has 0 N–H and O–H groups in total. The van der Waals surface area contributed by atoms with Crippen molar-refractivity contribution in [1.29, 1.82) is 0 Å². The molecule has 1 aliphatic heterocycles. The molecule has 0 aromatic carbocycles. The van der Waals surface area contributed by atoms with Crippen LogP contribution in [0.5, 0.6) is 0 Å². The number of dihydropyridines is 1. The van der Waals surface area contributed by atoms with Gasteiger partial charge in [0.05, 0.1) is 0 Å². The normalized spacial score (nSPS) is 28.3. The Labute approximate surface area is 44.6 Å². The molecule has 0 fully saturated rings. The van der Waals surface area contributed by atoms with Crippen molar-refractivity contribution in [2.24, 2.45) is 4.99 Å². The van der Waals surface area contributed by atoms with Crippen molar-refractivity contribution in [3.8, 4) is 0 Å². The Balaban J connectivity index is 2.49. The summed E-state index contributed by atoms with van der Waals surface area (Å²) in [5.41, 5.74) is 0. The van der Waals surface area contributed by atoms with Crippen LogP contribution in [0.3, 0.4) is 0 Å². The maximum atomic E-state index is 4.12. The van der Waals surface area contributed by atoms with Gasteiger partial charge in [0.1, 0.15) is 7.85 Å². The smallest absolute Gasteiger partial charge is 0.138 e. The Kier molecular flexibility index (Phi) is 1.30. The molecule has 1 rings (SSSR count). The summed E-state index contributed by atoms with van der Waals surface area (Å²) in [6.45, 7) is 0. The molecule has 0 saturated carbocycles. The van der Waals surface area contributed by atoms with Crippen LogP contribution < -0.4 is 0 Å². The summed E-state index contributed by atoms with van der Waals surface area (Å²) in [6, 6.07) is 0. The largest absolute Gasteiger partial charge is 0.299 e. The molecule has 0 amide bonds. The lowest BCUT2D eigenvalue weighted by Gasteiger charge is -2.00. The third-order valence-corrected chi connectivity index (χ3v) is 0.997. The highest BCUT2D eigenvalue weighted by Crippen LogP contribution is 1.94. The van der Waals surface area contributed by atoms with Gasteiger partial charge in [-0.3, -0.25) is 4.99 Å². The van der Waals surface area contributed by atoms with E-state index in [0.29, 0.717) is 5.94 Å². The average Bonchev–Trinajstić information content (AvgIpc) is 1.69. The first-order chi connectivity index (χ1) is 3.39. The summed E-state index contributed by atoms with van der Waals surface area (Å²) in [4.78, 5) is 4.12. The fourth-order valence-corrected chi connectivity index (χ4v) is 0.613. The van der Waals surface area contributed by atoms with Gasteiger partial charge < -0.3 is 0 Å². The number of aliphatic imine (C=N–C) groups is 1. The average molecular weight is 92.9 g/mol. The second-order valence-electron chi connectivity index (χ2n) is 1.74. The molecule has 0 aromatic heterocycles. The Hall–Kier alpha value is -0.525. The van der Waals surface area contributed by atoms with E-state index in [4.69, 9.17) is 0 Å². The molecule has 0 spiro atoms. The first-order valence-electron chi connectivity index (χ1n) is 2.58. The van der Waals surface area contributed by atoms with Crippen LogP contribution >= 0.6 is 0 Å². The summed E-state index contributed by atoms with van der Waals surface area (Å²) in [5.74, 6) is 0.425. The van der Waals surface area contributed by atoms with Gasteiger partial charge in [-0.1, -0.05) is 12.2 Å². The van der Waals surface area contributed by atoms with Gasteiger partial charge in [-0.05, 0) is 0 Å². The minimum absolute atomic E-state index is 0.425.